The van der Waals surface area contributed by atoms with Gasteiger partial charge in [0.05, 0.1) is 20.3 Å². The van der Waals surface area contributed by atoms with Gasteiger partial charge in [-0.1, -0.05) is 34.1 Å². The number of amides is 2. The van der Waals surface area contributed by atoms with Crippen LogP contribution in [0.15, 0.2) is 46.9 Å². The van der Waals surface area contributed by atoms with Gasteiger partial charge in [-0.15, -0.1) is 0 Å². The first-order valence-electron chi connectivity index (χ1n) is 7.54. The fourth-order valence-electron chi connectivity index (χ4n) is 2.28. The van der Waals surface area contributed by atoms with E-state index in [0.29, 0.717) is 18.0 Å². The molecule has 0 aliphatic carbocycles. The topological polar surface area (TPSA) is 59.6 Å². The molecule has 0 aliphatic heterocycles. The number of carbonyl (C=O) groups excluding carboxylic acids is 1. The van der Waals surface area contributed by atoms with Crippen LogP contribution >= 0.6 is 15.9 Å². The first-order valence-corrected chi connectivity index (χ1v) is 8.33. The molecule has 0 bridgehead atoms. The molecule has 1 atom stereocenters. The Labute approximate surface area is 150 Å². The molecular formula is C18H21BrN2O3. The van der Waals surface area contributed by atoms with E-state index in [2.05, 4.69) is 26.6 Å². The van der Waals surface area contributed by atoms with Gasteiger partial charge in [0.2, 0.25) is 0 Å². The van der Waals surface area contributed by atoms with Gasteiger partial charge in [0, 0.05) is 11.0 Å². The summed E-state index contributed by atoms with van der Waals surface area (Å²) in [7, 11) is 3.17. The SMILES string of the molecule is COc1ccc(CNC(=O)NC(C)c2cccc(Br)c2)cc1OC. The van der Waals surface area contributed by atoms with Crippen LogP contribution in [0.4, 0.5) is 4.79 Å². The van der Waals surface area contributed by atoms with Crippen LogP contribution in [-0.4, -0.2) is 20.3 Å². The maximum atomic E-state index is 12.1. The van der Waals surface area contributed by atoms with Crippen molar-refractivity contribution in [3.8, 4) is 11.5 Å². The Bertz CT molecular complexity index is 706. The molecule has 0 saturated heterocycles. The molecule has 128 valence electrons. The van der Waals surface area contributed by atoms with Gasteiger partial charge in [0.15, 0.2) is 11.5 Å². The summed E-state index contributed by atoms with van der Waals surface area (Å²) in [5.41, 5.74) is 1.96. The first kappa shape index (κ1) is 18.1. The fourth-order valence-corrected chi connectivity index (χ4v) is 2.70. The van der Waals surface area contributed by atoms with Crippen LogP contribution in [-0.2, 0) is 6.54 Å². The number of methoxy groups -OCH3 is 2. The van der Waals surface area contributed by atoms with Crippen LogP contribution in [0, 0.1) is 0 Å². The molecule has 0 heterocycles. The molecule has 0 saturated carbocycles. The number of nitrogens with one attached hydrogen (secondary N) is 2. The van der Waals surface area contributed by atoms with Crippen molar-refractivity contribution in [2.24, 2.45) is 0 Å². The summed E-state index contributed by atoms with van der Waals surface area (Å²) >= 11 is 3.43. The van der Waals surface area contributed by atoms with Crippen LogP contribution in [0.25, 0.3) is 0 Å². The van der Waals surface area contributed by atoms with Crippen molar-refractivity contribution in [3.05, 3.63) is 58.1 Å². The van der Waals surface area contributed by atoms with Crippen molar-refractivity contribution < 1.29 is 14.3 Å². The minimum atomic E-state index is -0.225. The first-order chi connectivity index (χ1) is 11.5. The van der Waals surface area contributed by atoms with Gasteiger partial charge in [0.25, 0.3) is 0 Å². The van der Waals surface area contributed by atoms with Gasteiger partial charge in [-0.05, 0) is 42.3 Å². The van der Waals surface area contributed by atoms with Gasteiger partial charge in [-0.3, -0.25) is 0 Å². The Morgan fingerprint density at radius 2 is 1.88 bits per heavy atom. The van der Waals surface area contributed by atoms with Gasteiger partial charge < -0.3 is 20.1 Å². The van der Waals surface area contributed by atoms with Crippen molar-refractivity contribution in [2.45, 2.75) is 19.5 Å². The second-order valence-corrected chi connectivity index (χ2v) is 6.21. The zero-order chi connectivity index (χ0) is 17.5. The third kappa shape index (κ3) is 4.89. The predicted molar refractivity (Wildman–Crippen MR) is 97.5 cm³/mol. The largest absolute Gasteiger partial charge is 0.493 e. The molecule has 2 amide bonds. The van der Waals surface area contributed by atoms with Crippen molar-refractivity contribution in [1.29, 1.82) is 0 Å². The minimum Gasteiger partial charge on any atom is -0.493 e. The summed E-state index contributed by atoms with van der Waals surface area (Å²) in [6.07, 6.45) is 0. The van der Waals surface area contributed by atoms with Crippen molar-refractivity contribution in [3.63, 3.8) is 0 Å². The van der Waals surface area contributed by atoms with Gasteiger partial charge in [-0.2, -0.15) is 0 Å². The third-order valence-electron chi connectivity index (χ3n) is 3.60. The zero-order valence-corrected chi connectivity index (χ0v) is 15.5. The molecule has 6 heteroatoms. The highest BCUT2D eigenvalue weighted by molar-refractivity contribution is 9.10. The monoisotopic (exact) mass is 392 g/mol. The maximum Gasteiger partial charge on any atom is 0.315 e. The Balaban J connectivity index is 1.91. The van der Waals surface area contributed by atoms with E-state index in [0.717, 1.165) is 15.6 Å². The summed E-state index contributed by atoms with van der Waals surface area (Å²) < 4.78 is 11.4. The van der Waals surface area contributed by atoms with Crippen molar-refractivity contribution >= 4 is 22.0 Å². The van der Waals surface area contributed by atoms with E-state index in [4.69, 9.17) is 9.47 Å². The summed E-state index contributed by atoms with van der Waals surface area (Å²) in [6.45, 7) is 2.34. The highest BCUT2D eigenvalue weighted by Crippen LogP contribution is 2.27. The van der Waals surface area contributed by atoms with E-state index < -0.39 is 0 Å². The van der Waals surface area contributed by atoms with Crippen LogP contribution in [0.1, 0.15) is 24.1 Å². The van der Waals surface area contributed by atoms with E-state index in [-0.39, 0.29) is 12.1 Å². The molecule has 2 aromatic carbocycles. The molecule has 0 aromatic heterocycles. The zero-order valence-electron chi connectivity index (χ0n) is 13.9. The van der Waals surface area contributed by atoms with Crippen LogP contribution in [0.5, 0.6) is 11.5 Å². The second kappa shape index (κ2) is 8.59. The van der Waals surface area contributed by atoms with E-state index >= 15 is 0 Å². The number of rotatable bonds is 6. The van der Waals surface area contributed by atoms with E-state index in [1.165, 1.54) is 0 Å². The number of benzene rings is 2. The number of carbonyl (C=O) groups is 1. The van der Waals surface area contributed by atoms with Gasteiger partial charge in [-0.25, -0.2) is 4.79 Å². The molecule has 1 unspecified atom stereocenters. The molecule has 0 spiro atoms. The molecule has 24 heavy (non-hydrogen) atoms. The average Bonchev–Trinajstić information content (AvgIpc) is 2.59. The number of ether oxygens (including phenoxy) is 2. The Hall–Kier alpha value is -2.21. The Kier molecular flexibility index (Phi) is 6.49. The number of hydrogen-bond donors (Lipinski definition) is 2. The highest BCUT2D eigenvalue weighted by atomic mass is 79.9. The molecule has 2 N–H and O–H groups in total. The molecular weight excluding hydrogens is 372 g/mol. The second-order valence-electron chi connectivity index (χ2n) is 5.29. The van der Waals surface area contributed by atoms with Crippen LogP contribution < -0.4 is 20.1 Å². The average molecular weight is 393 g/mol. The van der Waals surface area contributed by atoms with E-state index in [1.54, 1.807) is 14.2 Å². The molecule has 2 rings (SSSR count). The standard InChI is InChI=1S/C18H21BrN2O3/c1-12(14-5-4-6-15(19)10-14)21-18(22)20-11-13-7-8-16(23-2)17(9-13)24-3/h4-10,12H,11H2,1-3H3,(H2,20,21,22). The summed E-state index contributed by atoms with van der Waals surface area (Å²) in [5, 5.41) is 5.76. The quantitative estimate of drug-likeness (QED) is 0.779. The van der Waals surface area contributed by atoms with Gasteiger partial charge in [0.1, 0.15) is 0 Å². The van der Waals surface area contributed by atoms with Crippen molar-refractivity contribution in [1.82, 2.24) is 10.6 Å². The lowest BCUT2D eigenvalue weighted by atomic mass is 10.1. The lowest BCUT2D eigenvalue weighted by molar-refractivity contribution is 0.237. The molecule has 5 nitrogen and oxygen atoms in total. The van der Waals surface area contributed by atoms with Crippen LogP contribution in [0.2, 0.25) is 0 Å². The molecule has 0 radical (unpaired) electrons. The van der Waals surface area contributed by atoms with E-state index in [9.17, 15) is 4.79 Å². The third-order valence-corrected chi connectivity index (χ3v) is 4.09. The number of hydrogen-bond acceptors (Lipinski definition) is 3. The molecule has 2 aromatic rings. The predicted octanol–water partition coefficient (Wildman–Crippen LogP) is 4.03. The molecule has 0 fully saturated rings. The Morgan fingerprint density at radius 1 is 1.12 bits per heavy atom. The van der Waals surface area contributed by atoms with Crippen molar-refractivity contribution in [2.75, 3.05) is 14.2 Å². The Morgan fingerprint density at radius 3 is 2.54 bits per heavy atom. The van der Waals surface area contributed by atoms with Crippen LogP contribution in [0.3, 0.4) is 0 Å². The number of urea groups is 1. The summed E-state index contributed by atoms with van der Waals surface area (Å²) in [5.74, 6) is 1.30. The maximum absolute atomic E-state index is 12.1. The van der Waals surface area contributed by atoms with Gasteiger partial charge >= 0.3 is 6.03 Å². The fraction of sp³-hybridized carbons (Fsp3) is 0.278. The normalized spacial score (nSPS) is 11.5. The number of halogens is 1. The minimum absolute atomic E-state index is 0.0899. The van der Waals surface area contributed by atoms with E-state index in [1.807, 2.05) is 49.4 Å². The molecule has 0 aliphatic rings. The smallest absolute Gasteiger partial charge is 0.315 e. The highest BCUT2D eigenvalue weighted by Gasteiger charge is 2.10. The lowest BCUT2D eigenvalue weighted by Gasteiger charge is -2.16. The lowest BCUT2D eigenvalue weighted by Crippen LogP contribution is -2.36. The summed E-state index contributed by atoms with van der Waals surface area (Å²) in [4.78, 5) is 12.1. The summed E-state index contributed by atoms with van der Waals surface area (Å²) in [6, 6.07) is 13.1.